The number of rotatable bonds is 5. The molecule has 2 amide bonds. The first-order valence-corrected chi connectivity index (χ1v) is 6.43. The zero-order valence-electron chi connectivity index (χ0n) is 11.5. The standard InChI is InChI=1S/C14H16N2O5/c1-21-12(18)5-4-11(13(15)19)16-7-8-6-9(17)2-3-10(8)14(16)20/h2-3,6,11,17H,4-5,7H2,1H3,(H2,15,19). The number of fused-ring (bicyclic) bond motifs is 1. The Labute approximate surface area is 121 Å². The van der Waals surface area contributed by atoms with Crippen molar-refractivity contribution in [2.45, 2.75) is 25.4 Å². The minimum absolute atomic E-state index is 0.00448. The molecule has 1 aromatic carbocycles. The first-order chi connectivity index (χ1) is 9.93. The highest BCUT2D eigenvalue weighted by atomic mass is 16.5. The second kappa shape index (κ2) is 5.82. The molecule has 0 saturated carbocycles. The van der Waals surface area contributed by atoms with Crippen molar-refractivity contribution in [2.24, 2.45) is 5.73 Å². The van der Waals surface area contributed by atoms with E-state index < -0.39 is 17.9 Å². The zero-order valence-corrected chi connectivity index (χ0v) is 11.5. The van der Waals surface area contributed by atoms with Crippen molar-refractivity contribution in [3.63, 3.8) is 0 Å². The van der Waals surface area contributed by atoms with Gasteiger partial charge in [0.25, 0.3) is 5.91 Å². The summed E-state index contributed by atoms with van der Waals surface area (Å²) >= 11 is 0. The smallest absolute Gasteiger partial charge is 0.305 e. The Morgan fingerprint density at radius 2 is 2.19 bits per heavy atom. The second-order valence-corrected chi connectivity index (χ2v) is 4.81. The van der Waals surface area contributed by atoms with Crippen LogP contribution in [0, 0.1) is 0 Å². The third-order valence-corrected chi connectivity index (χ3v) is 3.48. The summed E-state index contributed by atoms with van der Waals surface area (Å²) in [6.45, 7) is 0.178. The lowest BCUT2D eigenvalue weighted by Crippen LogP contribution is -2.45. The quantitative estimate of drug-likeness (QED) is 0.751. The van der Waals surface area contributed by atoms with E-state index in [1.165, 1.54) is 30.2 Å². The van der Waals surface area contributed by atoms with Gasteiger partial charge in [-0.1, -0.05) is 0 Å². The molecule has 0 aliphatic carbocycles. The summed E-state index contributed by atoms with van der Waals surface area (Å²) in [6.07, 6.45) is 0.100. The number of phenols is 1. The van der Waals surface area contributed by atoms with Crippen molar-refractivity contribution in [2.75, 3.05) is 7.11 Å². The molecule has 0 bridgehead atoms. The average Bonchev–Trinajstić information content (AvgIpc) is 2.75. The molecule has 0 fully saturated rings. The van der Waals surface area contributed by atoms with E-state index in [0.717, 1.165) is 0 Å². The summed E-state index contributed by atoms with van der Waals surface area (Å²) in [7, 11) is 1.25. The van der Waals surface area contributed by atoms with Gasteiger partial charge >= 0.3 is 5.97 Å². The van der Waals surface area contributed by atoms with E-state index in [1.54, 1.807) is 0 Å². The van der Waals surface area contributed by atoms with E-state index in [0.29, 0.717) is 11.1 Å². The molecule has 7 heteroatoms. The van der Waals surface area contributed by atoms with Crippen molar-refractivity contribution in [1.82, 2.24) is 4.90 Å². The van der Waals surface area contributed by atoms with Crippen LogP contribution >= 0.6 is 0 Å². The van der Waals surface area contributed by atoms with Crippen LogP contribution in [0.4, 0.5) is 0 Å². The predicted molar refractivity (Wildman–Crippen MR) is 72.2 cm³/mol. The van der Waals surface area contributed by atoms with Gasteiger partial charge in [-0.05, 0) is 30.2 Å². The van der Waals surface area contributed by atoms with Crippen LogP contribution in [0.1, 0.15) is 28.8 Å². The fourth-order valence-corrected chi connectivity index (χ4v) is 2.39. The van der Waals surface area contributed by atoms with Crippen molar-refractivity contribution < 1.29 is 24.2 Å². The van der Waals surface area contributed by atoms with E-state index in [1.807, 2.05) is 0 Å². The molecule has 1 aliphatic heterocycles. The highest BCUT2D eigenvalue weighted by molar-refractivity contribution is 6.01. The molecule has 112 valence electrons. The molecule has 0 spiro atoms. The summed E-state index contributed by atoms with van der Waals surface area (Å²) < 4.78 is 4.52. The monoisotopic (exact) mass is 292 g/mol. The van der Waals surface area contributed by atoms with Gasteiger partial charge in [0.1, 0.15) is 11.8 Å². The largest absolute Gasteiger partial charge is 0.508 e. The topological polar surface area (TPSA) is 110 Å². The normalized spacial score (nSPS) is 14.7. The number of amides is 2. The zero-order chi connectivity index (χ0) is 15.6. The van der Waals surface area contributed by atoms with Crippen molar-refractivity contribution in [3.05, 3.63) is 29.3 Å². The van der Waals surface area contributed by atoms with Gasteiger partial charge in [0.05, 0.1) is 7.11 Å². The van der Waals surface area contributed by atoms with E-state index >= 15 is 0 Å². The van der Waals surface area contributed by atoms with Gasteiger partial charge in [0.15, 0.2) is 0 Å². The van der Waals surface area contributed by atoms with Crippen LogP contribution in [0.15, 0.2) is 18.2 Å². The maximum absolute atomic E-state index is 12.3. The number of hydrogen-bond acceptors (Lipinski definition) is 5. The van der Waals surface area contributed by atoms with Crippen LogP contribution in [-0.4, -0.2) is 40.9 Å². The van der Waals surface area contributed by atoms with Crippen LogP contribution in [-0.2, 0) is 20.9 Å². The van der Waals surface area contributed by atoms with Crippen molar-refractivity contribution in [1.29, 1.82) is 0 Å². The van der Waals surface area contributed by atoms with E-state index in [9.17, 15) is 19.5 Å². The molecule has 0 radical (unpaired) electrons. The molecular weight excluding hydrogens is 276 g/mol. The number of ether oxygens (including phenoxy) is 1. The minimum Gasteiger partial charge on any atom is -0.508 e. The molecule has 3 N–H and O–H groups in total. The average molecular weight is 292 g/mol. The summed E-state index contributed by atoms with van der Waals surface area (Å²) in [5, 5.41) is 9.44. The summed E-state index contributed by atoms with van der Waals surface area (Å²) in [4.78, 5) is 36.4. The Hall–Kier alpha value is -2.57. The number of nitrogens with zero attached hydrogens (tertiary/aromatic N) is 1. The Morgan fingerprint density at radius 3 is 2.81 bits per heavy atom. The number of primary amides is 1. The molecule has 0 saturated heterocycles. The highest BCUT2D eigenvalue weighted by Crippen LogP contribution is 2.28. The number of methoxy groups -OCH3 is 1. The summed E-state index contributed by atoms with van der Waals surface area (Å²) in [6, 6.07) is 3.51. The minimum atomic E-state index is -0.883. The van der Waals surface area contributed by atoms with Crippen LogP contribution in [0.3, 0.4) is 0 Å². The van der Waals surface area contributed by atoms with Crippen LogP contribution in [0.2, 0.25) is 0 Å². The lowest BCUT2D eigenvalue weighted by Gasteiger charge is -2.24. The van der Waals surface area contributed by atoms with Crippen LogP contribution in [0.25, 0.3) is 0 Å². The maximum atomic E-state index is 12.3. The first kappa shape index (κ1) is 14.8. The number of nitrogens with two attached hydrogens (primary N) is 1. The van der Waals surface area contributed by atoms with Gasteiger partial charge in [-0.15, -0.1) is 0 Å². The van der Waals surface area contributed by atoms with E-state index in [4.69, 9.17) is 5.73 Å². The third-order valence-electron chi connectivity index (χ3n) is 3.48. The molecule has 7 nitrogen and oxygen atoms in total. The number of phenolic OH excluding ortho intramolecular Hbond substituents is 1. The lowest BCUT2D eigenvalue weighted by atomic mass is 10.1. The number of carbonyl (C=O) groups excluding carboxylic acids is 3. The fraction of sp³-hybridized carbons (Fsp3) is 0.357. The highest BCUT2D eigenvalue weighted by Gasteiger charge is 2.35. The molecule has 0 aromatic heterocycles. The van der Waals surface area contributed by atoms with Gasteiger partial charge in [-0.3, -0.25) is 14.4 Å². The Morgan fingerprint density at radius 1 is 1.48 bits per heavy atom. The molecule has 1 aromatic rings. The molecular formula is C14H16N2O5. The lowest BCUT2D eigenvalue weighted by molar-refractivity contribution is -0.141. The van der Waals surface area contributed by atoms with Gasteiger partial charge < -0.3 is 20.5 Å². The molecule has 1 unspecified atom stereocenters. The number of benzene rings is 1. The first-order valence-electron chi connectivity index (χ1n) is 6.43. The summed E-state index contributed by atoms with van der Waals surface area (Å²) in [5.41, 5.74) is 6.39. The maximum Gasteiger partial charge on any atom is 0.305 e. The van der Waals surface area contributed by atoms with Gasteiger partial charge in [-0.25, -0.2) is 0 Å². The fourth-order valence-electron chi connectivity index (χ4n) is 2.39. The van der Waals surface area contributed by atoms with Crippen LogP contribution < -0.4 is 5.73 Å². The third kappa shape index (κ3) is 2.96. The number of carbonyl (C=O) groups is 3. The van der Waals surface area contributed by atoms with Crippen molar-refractivity contribution >= 4 is 17.8 Å². The molecule has 21 heavy (non-hydrogen) atoms. The number of hydrogen-bond donors (Lipinski definition) is 2. The molecule has 1 atom stereocenters. The van der Waals surface area contributed by atoms with Gasteiger partial charge in [0.2, 0.25) is 5.91 Å². The SMILES string of the molecule is COC(=O)CCC(C(N)=O)N1Cc2cc(O)ccc2C1=O. The van der Waals surface area contributed by atoms with Gasteiger partial charge in [-0.2, -0.15) is 0 Å². The van der Waals surface area contributed by atoms with E-state index in [2.05, 4.69) is 4.74 Å². The Bertz CT molecular complexity index is 599. The number of aromatic hydroxyl groups is 1. The Balaban J connectivity index is 2.18. The van der Waals surface area contributed by atoms with Crippen molar-refractivity contribution in [3.8, 4) is 5.75 Å². The number of esters is 1. The van der Waals surface area contributed by atoms with E-state index in [-0.39, 0.29) is 31.0 Å². The molecule has 2 rings (SSSR count). The van der Waals surface area contributed by atoms with Crippen LogP contribution in [0.5, 0.6) is 5.75 Å². The Kier molecular flexibility index (Phi) is 4.11. The molecule has 1 heterocycles. The van der Waals surface area contributed by atoms with Gasteiger partial charge in [0, 0.05) is 18.5 Å². The second-order valence-electron chi connectivity index (χ2n) is 4.81. The summed E-state index contributed by atoms with van der Waals surface area (Å²) in [5.74, 6) is -1.43. The predicted octanol–water partition coefficient (Wildman–Crippen LogP) is 0.155. The molecule has 1 aliphatic rings.